The highest BCUT2D eigenvalue weighted by Gasteiger charge is 2.00. The SMILES string of the molecule is Fc1ccc(OCc2ccccc2Cl)cn1. The van der Waals surface area contributed by atoms with Crippen LogP contribution in [0.5, 0.6) is 5.75 Å². The van der Waals surface area contributed by atoms with E-state index in [2.05, 4.69) is 4.98 Å². The Kier molecular flexibility index (Phi) is 3.37. The summed E-state index contributed by atoms with van der Waals surface area (Å²) in [6.07, 6.45) is 1.34. The first-order valence-corrected chi connectivity index (χ1v) is 5.11. The molecule has 1 heterocycles. The highest BCUT2D eigenvalue weighted by atomic mass is 35.5. The Balaban J connectivity index is 2.02. The molecule has 4 heteroatoms. The molecule has 2 aromatic rings. The molecule has 82 valence electrons. The maximum Gasteiger partial charge on any atom is 0.213 e. The van der Waals surface area contributed by atoms with Gasteiger partial charge >= 0.3 is 0 Å². The number of pyridine rings is 1. The van der Waals surface area contributed by atoms with Crippen LogP contribution >= 0.6 is 11.6 Å². The second-order valence-corrected chi connectivity index (χ2v) is 3.60. The summed E-state index contributed by atoms with van der Waals surface area (Å²) in [6.45, 7) is 0.340. The predicted octanol–water partition coefficient (Wildman–Crippen LogP) is 3.45. The molecule has 0 bridgehead atoms. The molecule has 0 saturated heterocycles. The molecule has 0 aliphatic carbocycles. The molecule has 1 aromatic carbocycles. The highest BCUT2D eigenvalue weighted by molar-refractivity contribution is 6.31. The maximum absolute atomic E-state index is 12.5. The molecule has 0 saturated carbocycles. The molecule has 0 aliphatic rings. The monoisotopic (exact) mass is 237 g/mol. The van der Waals surface area contributed by atoms with Crippen LogP contribution in [-0.4, -0.2) is 4.98 Å². The molecule has 0 radical (unpaired) electrons. The lowest BCUT2D eigenvalue weighted by molar-refractivity contribution is 0.304. The number of halogens is 2. The normalized spacial score (nSPS) is 10.1. The van der Waals surface area contributed by atoms with E-state index in [1.807, 2.05) is 18.2 Å². The van der Waals surface area contributed by atoms with Crippen LogP contribution in [0.15, 0.2) is 42.6 Å². The number of nitrogens with zero attached hydrogens (tertiary/aromatic N) is 1. The van der Waals surface area contributed by atoms with Crippen LogP contribution in [-0.2, 0) is 6.61 Å². The van der Waals surface area contributed by atoms with Gasteiger partial charge in [0.05, 0.1) is 6.20 Å². The molecule has 0 spiro atoms. The second kappa shape index (κ2) is 4.94. The zero-order chi connectivity index (χ0) is 11.4. The average molecular weight is 238 g/mol. The molecule has 2 nitrogen and oxygen atoms in total. The first-order valence-electron chi connectivity index (χ1n) is 4.73. The van der Waals surface area contributed by atoms with Gasteiger partial charge in [0, 0.05) is 10.6 Å². The fraction of sp³-hybridized carbons (Fsp3) is 0.0833. The summed E-state index contributed by atoms with van der Waals surface area (Å²) in [4.78, 5) is 3.49. The van der Waals surface area contributed by atoms with Gasteiger partial charge in [0.25, 0.3) is 0 Å². The van der Waals surface area contributed by atoms with Crippen LogP contribution in [0.2, 0.25) is 5.02 Å². The van der Waals surface area contributed by atoms with E-state index in [0.29, 0.717) is 17.4 Å². The summed E-state index contributed by atoms with van der Waals surface area (Å²) in [5, 5.41) is 0.651. The molecule has 0 aliphatic heterocycles. The number of ether oxygens (including phenoxy) is 1. The van der Waals surface area contributed by atoms with E-state index >= 15 is 0 Å². The van der Waals surface area contributed by atoms with E-state index < -0.39 is 5.95 Å². The van der Waals surface area contributed by atoms with Crippen LogP contribution in [0.25, 0.3) is 0 Å². The minimum atomic E-state index is -0.523. The van der Waals surface area contributed by atoms with Crippen LogP contribution in [0.4, 0.5) is 4.39 Å². The lowest BCUT2D eigenvalue weighted by atomic mass is 10.2. The van der Waals surface area contributed by atoms with Crippen molar-refractivity contribution in [1.29, 1.82) is 0 Å². The van der Waals surface area contributed by atoms with Crippen molar-refractivity contribution in [2.24, 2.45) is 0 Å². The minimum absolute atomic E-state index is 0.340. The van der Waals surface area contributed by atoms with Gasteiger partial charge in [-0.2, -0.15) is 4.39 Å². The van der Waals surface area contributed by atoms with Gasteiger partial charge in [-0.15, -0.1) is 0 Å². The van der Waals surface area contributed by atoms with Crippen molar-refractivity contribution >= 4 is 11.6 Å². The summed E-state index contributed by atoms with van der Waals surface area (Å²) in [6, 6.07) is 10.2. The summed E-state index contributed by atoms with van der Waals surface area (Å²) in [5.41, 5.74) is 0.883. The lowest BCUT2D eigenvalue weighted by Gasteiger charge is -2.06. The van der Waals surface area contributed by atoms with Crippen molar-refractivity contribution < 1.29 is 9.13 Å². The molecule has 0 N–H and O–H groups in total. The third-order valence-corrected chi connectivity index (χ3v) is 2.42. The van der Waals surface area contributed by atoms with Gasteiger partial charge in [-0.1, -0.05) is 29.8 Å². The molecule has 0 amide bonds. The molecule has 2 rings (SSSR count). The van der Waals surface area contributed by atoms with E-state index in [4.69, 9.17) is 16.3 Å². The van der Waals surface area contributed by atoms with Crippen molar-refractivity contribution in [3.8, 4) is 5.75 Å². The second-order valence-electron chi connectivity index (χ2n) is 3.20. The van der Waals surface area contributed by atoms with Crippen LogP contribution < -0.4 is 4.74 Å². The van der Waals surface area contributed by atoms with E-state index in [0.717, 1.165) is 5.56 Å². The summed E-state index contributed by atoms with van der Waals surface area (Å²) in [7, 11) is 0. The summed E-state index contributed by atoms with van der Waals surface area (Å²) >= 11 is 5.96. The van der Waals surface area contributed by atoms with Crippen molar-refractivity contribution in [2.45, 2.75) is 6.61 Å². The number of benzene rings is 1. The highest BCUT2D eigenvalue weighted by Crippen LogP contribution is 2.17. The largest absolute Gasteiger partial charge is 0.487 e. The summed E-state index contributed by atoms with van der Waals surface area (Å²) < 4.78 is 17.9. The number of hydrogen-bond donors (Lipinski definition) is 0. The number of aromatic nitrogens is 1. The Labute approximate surface area is 97.7 Å². The predicted molar refractivity (Wildman–Crippen MR) is 60.0 cm³/mol. The topological polar surface area (TPSA) is 22.1 Å². The third kappa shape index (κ3) is 2.70. The van der Waals surface area contributed by atoms with Gasteiger partial charge in [0.2, 0.25) is 5.95 Å². The number of hydrogen-bond acceptors (Lipinski definition) is 2. The Bertz CT molecular complexity index is 473. The molecule has 1 aromatic heterocycles. The van der Waals surface area contributed by atoms with Gasteiger partial charge in [-0.05, 0) is 18.2 Å². The Hall–Kier alpha value is -1.61. The maximum atomic E-state index is 12.5. The fourth-order valence-electron chi connectivity index (χ4n) is 1.22. The fourth-order valence-corrected chi connectivity index (χ4v) is 1.41. The van der Waals surface area contributed by atoms with Crippen LogP contribution in [0.3, 0.4) is 0 Å². The van der Waals surface area contributed by atoms with E-state index in [9.17, 15) is 4.39 Å². The molecule has 0 unspecified atom stereocenters. The Morgan fingerprint density at radius 2 is 2.00 bits per heavy atom. The van der Waals surface area contributed by atoms with Crippen molar-refractivity contribution in [1.82, 2.24) is 4.98 Å². The van der Waals surface area contributed by atoms with Crippen LogP contribution in [0.1, 0.15) is 5.56 Å². The quantitative estimate of drug-likeness (QED) is 0.763. The van der Waals surface area contributed by atoms with Gasteiger partial charge in [-0.3, -0.25) is 0 Å². The van der Waals surface area contributed by atoms with Gasteiger partial charge in [0.15, 0.2) is 0 Å². The van der Waals surface area contributed by atoms with Crippen molar-refractivity contribution in [3.63, 3.8) is 0 Å². The standard InChI is InChI=1S/C12H9ClFNO/c13-11-4-2-1-3-9(11)8-16-10-5-6-12(14)15-7-10/h1-7H,8H2. The molecule has 0 fully saturated rings. The summed E-state index contributed by atoms with van der Waals surface area (Å²) in [5.74, 6) is -0.00795. The smallest absolute Gasteiger partial charge is 0.213 e. The Morgan fingerprint density at radius 3 is 2.69 bits per heavy atom. The lowest BCUT2D eigenvalue weighted by Crippen LogP contribution is -1.96. The van der Waals surface area contributed by atoms with Gasteiger partial charge in [0.1, 0.15) is 12.4 Å². The molecule has 0 atom stereocenters. The minimum Gasteiger partial charge on any atom is -0.487 e. The average Bonchev–Trinajstić information content (AvgIpc) is 2.30. The first kappa shape index (κ1) is 10.9. The van der Waals surface area contributed by atoms with E-state index in [1.165, 1.54) is 18.3 Å². The molecule has 16 heavy (non-hydrogen) atoms. The zero-order valence-electron chi connectivity index (χ0n) is 8.36. The van der Waals surface area contributed by atoms with Crippen molar-refractivity contribution in [3.05, 3.63) is 59.1 Å². The first-order chi connectivity index (χ1) is 7.75. The van der Waals surface area contributed by atoms with E-state index in [-0.39, 0.29) is 0 Å². The zero-order valence-corrected chi connectivity index (χ0v) is 9.12. The molecular formula is C12H9ClFNO. The van der Waals surface area contributed by atoms with Gasteiger partial charge in [-0.25, -0.2) is 4.98 Å². The number of rotatable bonds is 3. The third-order valence-electron chi connectivity index (χ3n) is 2.05. The Morgan fingerprint density at radius 1 is 1.19 bits per heavy atom. The van der Waals surface area contributed by atoms with E-state index in [1.54, 1.807) is 6.07 Å². The molecular weight excluding hydrogens is 229 g/mol. The van der Waals surface area contributed by atoms with Gasteiger partial charge < -0.3 is 4.74 Å². The van der Waals surface area contributed by atoms with Crippen molar-refractivity contribution in [2.75, 3.05) is 0 Å². The van der Waals surface area contributed by atoms with Crippen LogP contribution in [0, 0.1) is 5.95 Å².